The molecule has 4 N–H and O–H groups in total. The minimum Gasteiger partial charge on any atom is -0.400 e. The van der Waals surface area contributed by atoms with E-state index in [0.29, 0.717) is 25.7 Å². The summed E-state index contributed by atoms with van der Waals surface area (Å²) < 4.78 is 0. The van der Waals surface area contributed by atoms with Crippen molar-refractivity contribution in [3.05, 3.63) is 18.2 Å². The van der Waals surface area contributed by atoms with E-state index in [1.165, 1.54) is 6.92 Å². The lowest BCUT2D eigenvalue weighted by molar-refractivity contribution is -0.124. The minimum atomic E-state index is -0.601. The highest BCUT2D eigenvalue weighted by Crippen LogP contribution is 1.96. The first-order chi connectivity index (χ1) is 10.1. The smallest absolute Gasteiger partial charge is 0.220 e. The van der Waals surface area contributed by atoms with Crippen LogP contribution in [0.15, 0.2) is 12.5 Å². The van der Waals surface area contributed by atoms with Crippen molar-refractivity contribution in [1.82, 2.24) is 20.6 Å². The van der Waals surface area contributed by atoms with Crippen LogP contribution in [-0.2, 0) is 20.8 Å². The van der Waals surface area contributed by atoms with Gasteiger partial charge in [0.2, 0.25) is 11.8 Å². The third kappa shape index (κ3) is 9.33. The molecule has 0 bridgehead atoms. The number of aliphatic hydroxyl groups is 1. The third-order valence-electron chi connectivity index (χ3n) is 2.51. The van der Waals surface area contributed by atoms with E-state index in [-0.39, 0.29) is 18.2 Å². The van der Waals surface area contributed by atoms with E-state index in [9.17, 15) is 14.4 Å². The maximum atomic E-state index is 11.5. The number of nitrogens with zero attached hydrogens (tertiary/aromatic N) is 1. The summed E-state index contributed by atoms with van der Waals surface area (Å²) in [6, 6.07) is -0.601. The van der Waals surface area contributed by atoms with Gasteiger partial charge in [-0.3, -0.25) is 9.59 Å². The lowest BCUT2D eigenvalue weighted by Crippen LogP contribution is -2.36. The number of aliphatic hydroxyl groups excluding tert-OH is 1. The molecule has 1 aromatic heterocycles. The molecule has 0 saturated carbocycles. The monoisotopic (exact) mass is 298 g/mol. The fourth-order valence-electron chi connectivity index (χ4n) is 1.57. The molecule has 0 aliphatic rings. The molecule has 1 atom stereocenters. The second-order valence-corrected chi connectivity index (χ2v) is 4.16. The minimum absolute atomic E-state index is 0.142. The van der Waals surface area contributed by atoms with E-state index in [0.717, 1.165) is 12.8 Å². The van der Waals surface area contributed by atoms with Gasteiger partial charge in [-0.2, -0.15) is 0 Å². The molecule has 0 spiro atoms. The Balaban J connectivity index is 0.00000191. The Kier molecular flexibility index (Phi) is 10.4. The number of nitrogens with one attached hydrogen (secondary N) is 3. The van der Waals surface area contributed by atoms with Gasteiger partial charge in [0, 0.05) is 45.3 Å². The van der Waals surface area contributed by atoms with E-state index in [1.54, 1.807) is 12.5 Å². The van der Waals surface area contributed by atoms with Crippen molar-refractivity contribution >= 4 is 18.1 Å². The van der Waals surface area contributed by atoms with Gasteiger partial charge in [-0.15, -0.1) is 0 Å². The van der Waals surface area contributed by atoms with Crippen molar-refractivity contribution < 1.29 is 19.5 Å². The van der Waals surface area contributed by atoms with Crippen LogP contribution < -0.4 is 10.6 Å². The molecule has 1 rings (SSSR count). The van der Waals surface area contributed by atoms with Crippen LogP contribution in [0.25, 0.3) is 0 Å². The van der Waals surface area contributed by atoms with E-state index in [1.807, 2.05) is 0 Å². The van der Waals surface area contributed by atoms with E-state index >= 15 is 0 Å². The zero-order valence-electron chi connectivity index (χ0n) is 12.3. The molecule has 0 aromatic carbocycles. The maximum Gasteiger partial charge on any atom is 0.220 e. The molecule has 1 aromatic rings. The maximum absolute atomic E-state index is 11.5. The number of hydrogen-bond donors (Lipinski definition) is 4. The molecule has 0 saturated heterocycles. The summed E-state index contributed by atoms with van der Waals surface area (Å²) >= 11 is 0. The fraction of sp³-hybridized carbons (Fsp3) is 0.538. The topological polar surface area (TPSA) is 124 Å². The van der Waals surface area contributed by atoms with Crippen molar-refractivity contribution in [3.8, 4) is 0 Å². The number of amides is 2. The molecular weight excluding hydrogens is 276 g/mol. The number of aromatic amines is 1. The quantitative estimate of drug-likeness (QED) is 0.466. The zero-order chi connectivity index (χ0) is 16.1. The van der Waals surface area contributed by atoms with Crippen LogP contribution in [-0.4, -0.2) is 52.9 Å². The van der Waals surface area contributed by atoms with Crippen molar-refractivity contribution in [2.75, 3.05) is 13.7 Å². The van der Waals surface area contributed by atoms with Gasteiger partial charge in [0.15, 0.2) is 0 Å². The summed E-state index contributed by atoms with van der Waals surface area (Å²) in [6.45, 7) is 1.84. The van der Waals surface area contributed by atoms with E-state index in [4.69, 9.17) is 5.11 Å². The molecule has 21 heavy (non-hydrogen) atoms. The number of aldehydes is 1. The Bertz CT molecular complexity index is 420. The number of aromatic nitrogens is 2. The molecule has 2 amide bonds. The average molecular weight is 298 g/mol. The number of rotatable bonds is 8. The number of H-pyrrole nitrogens is 1. The average Bonchev–Trinajstić information content (AvgIpc) is 2.98. The van der Waals surface area contributed by atoms with Gasteiger partial charge >= 0.3 is 0 Å². The Hall–Kier alpha value is -2.22. The summed E-state index contributed by atoms with van der Waals surface area (Å²) in [5.74, 6) is -0.423. The van der Waals surface area contributed by atoms with Crippen molar-refractivity contribution in [2.24, 2.45) is 0 Å². The van der Waals surface area contributed by atoms with Crippen LogP contribution in [0.3, 0.4) is 0 Å². The Labute approximate surface area is 123 Å². The Morgan fingerprint density at radius 2 is 2.19 bits per heavy atom. The summed E-state index contributed by atoms with van der Waals surface area (Å²) in [4.78, 5) is 39.8. The number of hydrogen-bond acceptors (Lipinski definition) is 5. The summed E-state index contributed by atoms with van der Waals surface area (Å²) in [6.07, 6.45) is 5.10. The predicted molar refractivity (Wildman–Crippen MR) is 76.3 cm³/mol. The molecule has 8 heteroatoms. The van der Waals surface area contributed by atoms with Gasteiger partial charge in [-0.25, -0.2) is 4.98 Å². The number of carbonyl (C=O) groups excluding carboxylic acids is 3. The lowest BCUT2D eigenvalue weighted by atomic mass is 10.1. The van der Waals surface area contributed by atoms with Crippen molar-refractivity contribution in [3.63, 3.8) is 0 Å². The van der Waals surface area contributed by atoms with Gasteiger partial charge in [0.1, 0.15) is 6.29 Å². The van der Waals surface area contributed by atoms with Crippen molar-refractivity contribution in [1.29, 1.82) is 0 Å². The third-order valence-corrected chi connectivity index (χ3v) is 2.51. The lowest BCUT2D eigenvalue weighted by Gasteiger charge is -2.10. The molecule has 8 nitrogen and oxygen atoms in total. The van der Waals surface area contributed by atoms with Crippen molar-refractivity contribution in [2.45, 2.75) is 32.2 Å². The summed E-state index contributed by atoms with van der Waals surface area (Å²) in [7, 11) is 1.00. The largest absolute Gasteiger partial charge is 0.400 e. The second-order valence-electron chi connectivity index (χ2n) is 4.16. The first-order valence-corrected chi connectivity index (χ1v) is 6.53. The van der Waals surface area contributed by atoms with Gasteiger partial charge in [0.25, 0.3) is 0 Å². The number of carbonyl (C=O) groups is 3. The number of imidazole rings is 1. The van der Waals surface area contributed by atoms with Gasteiger partial charge in [0.05, 0.1) is 12.4 Å². The van der Waals surface area contributed by atoms with Crippen LogP contribution in [0.1, 0.15) is 25.5 Å². The normalized spacial score (nSPS) is 10.8. The molecule has 118 valence electrons. The van der Waals surface area contributed by atoms with Crippen LogP contribution in [0.2, 0.25) is 0 Å². The van der Waals surface area contributed by atoms with Gasteiger partial charge in [-0.05, 0) is 6.42 Å². The molecule has 0 aliphatic heterocycles. The Morgan fingerprint density at radius 1 is 1.48 bits per heavy atom. The van der Waals surface area contributed by atoms with Crippen LogP contribution in [0.4, 0.5) is 0 Å². The van der Waals surface area contributed by atoms with Crippen LogP contribution in [0, 0.1) is 0 Å². The van der Waals surface area contributed by atoms with E-state index in [2.05, 4.69) is 20.6 Å². The Morgan fingerprint density at radius 3 is 2.71 bits per heavy atom. The van der Waals surface area contributed by atoms with E-state index < -0.39 is 6.04 Å². The summed E-state index contributed by atoms with van der Waals surface area (Å²) in [5, 5.41) is 12.2. The molecule has 1 unspecified atom stereocenters. The first-order valence-electron chi connectivity index (χ1n) is 6.53. The highest BCUT2D eigenvalue weighted by atomic mass is 16.2. The highest BCUT2D eigenvalue weighted by Gasteiger charge is 2.10. The fourth-order valence-corrected chi connectivity index (χ4v) is 1.57. The van der Waals surface area contributed by atoms with Gasteiger partial charge < -0.3 is 25.5 Å². The molecular formula is C13H22N4O4. The molecule has 1 heterocycles. The summed E-state index contributed by atoms with van der Waals surface area (Å²) in [5.41, 5.74) is 0.948. The highest BCUT2D eigenvalue weighted by molar-refractivity contribution is 5.79. The van der Waals surface area contributed by atoms with Gasteiger partial charge in [-0.1, -0.05) is 0 Å². The molecule has 0 aliphatic carbocycles. The second kappa shape index (κ2) is 11.6. The zero-order valence-corrected chi connectivity index (χ0v) is 12.3. The van der Waals surface area contributed by atoms with Crippen LogP contribution in [0.5, 0.6) is 0 Å². The molecule has 0 radical (unpaired) electrons. The van der Waals surface area contributed by atoms with Crippen LogP contribution >= 0.6 is 0 Å². The standard InChI is InChI=1S/C12H18N4O3.CH4O/c1-9(18)16-11(7-17)2-3-12(19)14-5-4-10-6-13-8-15-10;1-2/h6-8,11H,2-5H2,1H3,(H,13,15)(H,14,19)(H,16,18);2H,1H3. The first kappa shape index (κ1) is 18.8. The predicted octanol–water partition coefficient (Wildman–Crippen LogP) is -0.839. The molecule has 0 fully saturated rings. The SMILES string of the molecule is CC(=O)NC(C=O)CCC(=O)NCCc1cnc[nH]1.CO.